The van der Waals surface area contributed by atoms with Crippen LogP contribution in [0.15, 0.2) is 36.7 Å². The standard InChI is InChI=1S/C14H13Cl2N3O2/c15-12-5-10(6-13(16)19-12)8-21-14(20)11(17)4-9-2-1-3-18-7-9/h1-3,5-7,11H,4,8,17H2/t11-/m0/s1. The number of nitrogens with two attached hydrogens (primary N) is 1. The van der Waals surface area contributed by atoms with E-state index in [9.17, 15) is 4.79 Å². The van der Waals surface area contributed by atoms with E-state index in [1.54, 1.807) is 30.6 Å². The molecule has 0 amide bonds. The van der Waals surface area contributed by atoms with E-state index in [0.29, 0.717) is 12.0 Å². The number of hydrogen-bond donors (Lipinski definition) is 1. The normalized spacial score (nSPS) is 12.0. The van der Waals surface area contributed by atoms with Crippen molar-refractivity contribution in [2.75, 3.05) is 0 Å². The molecule has 110 valence electrons. The van der Waals surface area contributed by atoms with E-state index in [1.807, 2.05) is 6.07 Å². The molecule has 0 aliphatic rings. The van der Waals surface area contributed by atoms with Crippen LogP contribution in [0.1, 0.15) is 11.1 Å². The van der Waals surface area contributed by atoms with Gasteiger partial charge in [0.05, 0.1) is 0 Å². The second-order valence-electron chi connectivity index (χ2n) is 4.40. The van der Waals surface area contributed by atoms with Gasteiger partial charge >= 0.3 is 5.97 Å². The Morgan fingerprint density at radius 1 is 1.29 bits per heavy atom. The van der Waals surface area contributed by atoms with Crippen molar-refractivity contribution in [1.29, 1.82) is 0 Å². The van der Waals surface area contributed by atoms with Crippen molar-refractivity contribution in [2.45, 2.75) is 19.1 Å². The molecule has 2 rings (SSSR count). The molecule has 0 aromatic carbocycles. The van der Waals surface area contributed by atoms with Crippen molar-refractivity contribution in [3.05, 3.63) is 58.1 Å². The molecule has 0 spiro atoms. The highest BCUT2D eigenvalue weighted by Crippen LogP contribution is 2.15. The summed E-state index contributed by atoms with van der Waals surface area (Å²) in [6.07, 6.45) is 3.68. The number of ether oxygens (including phenoxy) is 1. The van der Waals surface area contributed by atoms with Crippen LogP contribution in [-0.4, -0.2) is 22.0 Å². The molecule has 5 nitrogen and oxygen atoms in total. The molecular weight excluding hydrogens is 313 g/mol. The largest absolute Gasteiger partial charge is 0.460 e. The number of carbonyl (C=O) groups excluding carboxylic acids is 1. The van der Waals surface area contributed by atoms with Crippen LogP contribution in [0.2, 0.25) is 10.3 Å². The molecule has 2 heterocycles. The Morgan fingerprint density at radius 2 is 2.00 bits per heavy atom. The summed E-state index contributed by atoms with van der Waals surface area (Å²) in [5, 5.41) is 0.487. The predicted molar refractivity (Wildman–Crippen MR) is 80.0 cm³/mol. The molecule has 0 aliphatic heterocycles. The van der Waals surface area contributed by atoms with Crippen molar-refractivity contribution in [2.24, 2.45) is 5.73 Å². The molecule has 2 N–H and O–H groups in total. The topological polar surface area (TPSA) is 78.1 Å². The Labute approximate surface area is 132 Å². The summed E-state index contributed by atoms with van der Waals surface area (Å²) in [4.78, 5) is 19.6. The maximum absolute atomic E-state index is 11.8. The molecule has 0 saturated carbocycles. The Hall–Kier alpha value is -1.69. The summed E-state index contributed by atoms with van der Waals surface area (Å²) < 4.78 is 5.14. The fraction of sp³-hybridized carbons (Fsp3) is 0.214. The summed E-state index contributed by atoms with van der Waals surface area (Å²) in [6, 6.07) is 6.04. The van der Waals surface area contributed by atoms with Crippen molar-refractivity contribution in [3.63, 3.8) is 0 Å². The van der Waals surface area contributed by atoms with E-state index in [4.69, 9.17) is 33.7 Å². The lowest BCUT2D eigenvalue weighted by Crippen LogP contribution is -2.34. The summed E-state index contributed by atoms with van der Waals surface area (Å²) in [6.45, 7) is 0.0432. The number of carbonyl (C=O) groups is 1. The number of aromatic nitrogens is 2. The molecule has 0 radical (unpaired) electrons. The summed E-state index contributed by atoms with van der Waals surface area (Å²) in [5.41, 5.74) is 7.33. The highest BCUT2D eigenvalue weighted by Gasteiger charge is 2.16. The average Bonchev–Trinajstić information content (AvgIpc) is 2.44. The molecule has 1 atom stereocenters. The van der Waals surface area contributed by atoms with E-state index < -0.39 is 12.0 Å². The molecule has 2 aromatic rings. The lowest BCUT2D eigenvalue weighted by atomic mass is 10.1. The summed E-state index contributed by atoms with van der Waals surface area (Å²) >= 11 is 11.5. The van der Waals surface area contributed by atoms with E-state index in [1.165, 1.54) is 0 Å². The smallest absolute Gasteiger partial charge is 0.323 e. The zero-order valence-corrected chi connectivity index (χ0v) is 12.5. The summed E-state index contributed by atoms with van der Waals surface area (Å²) in [5.74, 6) is -0.497. The first kappa shape index (κ1) is 15.7. The van der Waals surface area contributed by atoms with E-state index in [0.717, 1.165) is 5.56 Å². The molecule has 21 heavy (non-hydrogen) atoms. The quantitative estimate of drug-likeness (QED) is 0.674. The van der Waals surface area contributed by atoms with Gasteiger partial charge in [0, 0.05) is 12.4 Å². The second kappa shape index (κ2) is 7.36. The van der Waals surface area contributed by atoms with Gasteiger partial charge in [-0.15, -0.1) is 0 Å². The van der Waals surface area contributed by atoms with Crippen molar-refractivity contribution < 1.29 is 9.53 Å². The molecule has 0 saturated heterocycles. The highest BCUT2D eigenvalue weighted by atomic mass is 35.5. The lowest BCUT2D eigenvalue weighted by molar-refractivity contribution is -0.146. The first-order chi connectivity index (χ1) is 10.0. The van der Waals surface area contributed by atoms with Crippen LogP contribution in [0.25, 0.3) is 0 Å². The van der Waals surface area contributed by atoms with Crippen molar-refractivity contribution in [1.82, 2.24) is 9.97 Å². The predicted octanol–water partition coefficient (Wildman–Crippen LogP) is 2.40. The molecule has 0 fully saturated rings. The maximum atomic E-state index is 11.8. The molecular formula is C14H13Cl2N3O2. The lowest BCUT2D eigenvalue weighted by Gasteiger charge is -2.11. The Morgan fingerprint density at radius 3 is 2.62 bits per heavy atom. The fourth-order valence-corrected chi connectivity index (χ4v) is 2.22. The summed E-state index contributed by atoms with van der Waals surface area (Å²) in [7, 11) is 0. The zero-order chi connectivity index (χ0) is 15.2. The minimum Gasteiger partial charge on any atom is -0.460 e. The van der Waals surface area contributed by atoms with Gasteiger partial charge in [0.2, 0.25) is 0 Å². The molecule has 0 bridgehead atoms. The van der Waals surface area contributed by atoms with Crippen LogP contribution >= 0.6 is 23.2 Å². The Kier molecular flexibility index (Phi) is 5.50. The number of pyridine rings is 2. The van der Waals surface area contributed by atoms with Gasteiger partial charge in [-0.05, 0) is 35.7 Å². The monoisotopic (exact) mass is 325 g/mol. The number of nitrogens with zero attached hydrogens (tertiary/aromatic N) is 2. The third-order valence-electron chi connectivity index (χ3n) is 2.68. The number of halogens is 2. The first-order valence-corrected chi connectivity index (χ1v) is 6.93. The Bertz CT molecular complexity index is 603. The number of hydrogen-bond acceptors (Lipinski definition) is 5. The van der Waals surface area contributed by atoms with Gasteiger partial charge in [-0.2, -0.15) is 0 Å². The van der Waals surface area contributed by atoms with Gasteiger partial charge in [0.15, 0.2) is 0 Å². The van der Waals surface area contributed by atoms with E-state index in [-0.39, 0.29) is 16.9 Å². The molecule has 0 unspecified atom stereocenters. The second-order valence-corrected chi connectivity index (χ2v) is 5.17. The van der Waals surface area contributed by atoms with Gasteiger partial charge in [-0.1, -0.05) is 29.3 Å². The first-order valence-electron chi connectivity index (χ1n) is 6.17. The maximum Gasteiger partial charge on any atom is 0.323 e. The average molecular weight is 326 g/mol. The SMILES string of the molecule is N[C@@H](Cc1cccnc1)C(=O)OCc1cc(Cl)nc(Cl)c1. The van der Waals surface area contributed by atoms with Gasteiger partial charge in [-0.3, -0.25) is 9.78 Å². The molecule has 0 aliphatic carbocycles. The van der Waals surface area contributed by atoms with Gasteiger partial charge in [0.1, 0.15) is 23.0 Å². The van der Waals surface area contributed by atoms with Crippen LogP contribution in [0.3, 0.4) is 0 Å². The molecule has 7 heteroatoms. The third-order valence-corrected chi connectivity index (χ3v) is 3.07. The number of esters is 1. The van der Waals surface area contributed by atoms with Crippen LogP contribution in [0, 0.1) is 0 Å². The van der Waals surface area contributed by atoms with Crippen LogP contribution in [0.5, 0.6) is 0 Å². The Balaban J connectivity index is 1.89. The van der Waals surface area contributed by atoms with Gasteiger partial charge < -0.3 is 10.5 Å². The minimum atomic E-state index is -0.748. The minimum absolute atomic E-state index is 0.0432. The highest BCUT2D eigenvalue weighted by molar-refractivity contribution is 6.32. The third kappa shape index (κ3) is 4.97. The van der Waals surface area contributed by atoms with Crippen LogP contribution in [0.4, 0.5) is 0 Å². The van der Waals surface area contributed by atoms with Crippen molar-refractivity contribution >= 4 is 29.2 Å². The van der Waals surface area contributed by atoms with Crippen LogP contribution < -0.4 is 5.73 Å². The van der Waals surface area contributed by atoms with Gasteiger partial charge in [0.25, 0.3) is 0 Å². The van der Waals surface area contributed by atoms with E-state index in [2.05, 4.69) is 9.97 Å². The molecule has 2 aromatic heterocycles. The van der Waals surface area contributed by atoms with Crippen LogP contribution in [-0.2, 0) is 22.6 Å². The number of rotatable bonds is 5. The zero-order valence-electron chi connectivity index (χ0n) is 11.0. The fourth-order valence-electron chi connectivity index (χ4n) is 1.72. The van der Waals surface area contributed by atoms with E-state index >= 15 is 0 Å². The van der Waals surface area contributed by atoms with Gasteiger partial charge in [-0.25, -0.2) is 4.98 Å². The van der Waals surface area contributed by atoms with Crippen molar-refractivity contribution in [3.8, 4) is 0 Å².